The first-order valence-electron chi connectivity index (χ1n) is 8.88. The number of carbonyl (C=O) groups excluding carboxylic acids is 1. The van der Waals surface area contributed by atoms with Crippen LogP contribution in [0.4, 0.5) is 5.82 Å². The summed E-state index contributed by atoms with van der Waals surface area (Å²) in [5.74, 6) is 0.775. The molecule has 0 atom stereocenters. The Bertz CT molecular complexity index is 860. The van der Waals surface area contributed by atoms with Gasteiger partial charge in [0.2, 0.25) is 5.91 Å². The Labute approximate surface area is 147 Å². The van der Waals surface area contributed by atoms with Gasteiger partial charge in [0.15, 0.2) is 0 Å². The summed E-state index contributed by atoms with van der Waals surface area (Å²) >= 11 is 0. The van der Waals surface area contributed by atoms with E-state index in [4.69, 9.17) is 0 Å². The molecule has 132 valence electrons. The highest BCUT2D eigenvalue weighted by atomic mass is 16.1. The highest BCUT2D eigenvalue weighted by molar-refractivity contribution is 5.90. The Morgan fingerprint density at radius 1 is 1.24 bits per heavy atom. The van der Waals surface area contributed by atoms with Crippen LogP contribution in [-0.4, -0.2) is 25.2 Å². The molecule has 0 saturated carbocycles. The molecule has 6 nitrogen and oxygen atoms in total. The predicted octanol–water partition coefficient (Wildman–Crippen LogP) is 3.93. The molecule has 3 aromatic rings. The van der Waals surface area contributed by atoms with Crippen LogP contribution in [0, 0.1) is 6.92 Å². The number of nitrogens with one attached hydrogen (secondary N) is 1. The lowest BCUT2D eigenvalue weighted by Gasteiger charge is -2.17. The number of imidazole rings is 1. The minimum absolute atomic E-state index is 0.00936. The van der Waals surface area contributed by atoms with E-state index in [1.807, 2.05) is 46.5 Å². The van der Waals surface area contributed by atoms with Gasteiger partial charge >= 0.3 is 0 Å². The minimum atomic E-state index is -0.00936. The van der Waals surface area contributed by atoms with Crippen LogP contribution in [0.5, 0.6) is 0 Å². The van der Waals surface area contributed by atoms with Gasteiger partial charge < -0.3 is 9.88 Å². The third-order valence-corrected chi connectivity index (χ3v) is 4.52. The number of hydrogen-bond donors (Lipinski definition) is 1. The molecule has 25 heavy (non-hydrogen) atoms. The van der Waals surface area contributed by atoms with Crippen molar-refractivity contribution in [3.63, 3.8) is 0 Å². The van der Waals surface area contributed by atoms with Crippen molar-refractivity contribution in [2.45, 2.75) is 52.6 Å². The van der Waals surface area contributed by atoms with E-state index in [2.05, 4.69) is 29.2 Å². The van der Waals surface area contributed by atoms with Crippen molar-refractivity contribution < 1.29 is 4.79 Å². The maximum atomic E-state index is 12.4. The molecule has 0 radical (unpaired) electrons. The summed E-state index contributed by atoms with van der Waals surface area (Å²) in [6, 6.07) is 10.2. The molecule has 1 N–H and O–H groups in total. The number of rotatable bonds is 7. The molecule has 0 spiro atoms. The molecule has 0 fully saturated rings. The van der Waals surface area contributed by atoms with Gasteiger partial charge in [-0.25, -0.2) is 9.67 Å². The van der Waals surface area contributed by atoms with Crippen molar-refractivity contribution >= 4 is 22.8 Å². The lowest BCUT2D eigenvalue weighted by molar-refractivity contribution is -0.116. The molecule has 1 aromatic carbocycles. The summed E-state index contributed by atoms with van der Waals surface area (Å²) in [6.45, 7) is 6.83. The molecule has 0 bridgehead atoms. The van der Waals surface area contributed by atoms with Crippen molar-refractivity contribution in [1.29, 1.82) is 0 Å². The number of fused-ring (bicyclic) bond motifs is 1. The number of nitrogens with zero attached hydrogens (tertiary/aromatic N) is 4. The van der Waals surface area contributed by atoms with Gasteiger partial charge in [0, 0.05) is 19.0 Å². The van der Waals surface area contributed by atoms with Gasteiger partial charge in [-0.2, -0.15) is 5.10 Å². The number of hydrogen-bond acceptors (Lipinski definition) is 3. The first-order chi connectivity index (χ1) is 12.1. The zero-order valence-electron chi connectivity index (χ0n) is 15.1. The summed E-state index contributed by atoms with van der Waals surface area (Å²) in [5, 5.41) is 7.56. The summed E-state index contributed by atoms with van der Waals surface area (Å²) in [4.78, 5) is 16.8. The Balaban J connectivity index is 1.67. The number of anilines is 1. The van der Waals surface area contributed by atoms with Crippen LogP contribution in [0.25, 0.3) is 11.0 Å². The largest absolute Gasteiger partial charge is 0.330 e. The molecule has 0 aliphatic rings. The molecule has 2 heterocycles. The van der Waals surface area contributed by atoms with Gasteiger partial charge in [0.1, 0.15) is 5.82 Å². The fraction of sp³-hybridized carbons (Fsp3) is 0.421. The monoisotopic (exact) mass is 339 g/mol. The summed E-state index contributed by atoms with van der Waals surface area (Å²) < 4.78 is 3.96. The molecule has 0 aliphatic heterocycles. The van der Waals surface area contributed by atoms with Crippen LogP contribution in [0.3, 0.4) is 0 Å². The fourth-order valence-corrected chi connectivity index (χ4v) is 3.14. The van der Waals surface area contributed by atoms with Crippen LogP contribution in [0.2, 0.25) is 0 Å². The van der Waals surface area contributed by atoms with Crippen molar-refractivity contribution in [1.82, 2.24) is 19.3 Å². The molecule has 2 aromatic heterocycles. The maximum Gasteiger partial charge on any atom is 0.227 e. The van der Waals surface area contributed by atoms with Gasteiger partial charge in [-0.15, -0.1) is 0 Å². The second-order valence-electron chi connectivity index (χ2n) is 6.31. The standard InChI is InChI=1S/C19H25N5O/c1-4-15(5-2)24-18(12-14(3)22-24)21-19(25)10-11-23-13-20-16-8-6-7-9-17(16)23/h6-9,12-13,15H,4-5,10-11H2,1-3H3,(H,21,25). The molecule has 0 unspecified atom stereocenters. The van der Waals surface area contributed by atoms with Crippen LogP contribution in [0.15, 0.2) is 36.7 Å². The summed E-state index contributed by atoms with van der Waals surface area (Å²) in [6.07, 6.45) is 4.16. The van der Waals surface area contributed by atoms with Gasteiger partial charge in [0.05, 0.1) is 29.1 Å². The number of aromatic nitrogens is 4. The molecule has 0 aliphatic carbocycles. The van der Waals surface area contributed by atoms with Gasteiger partial charge in [-0.3, -0.25) is 4.79 Å². The Morgan fingerprint density at radius 3 is 2.76 bits per heavy atom. The normalized spacial score (nSPS) is 11.4. The van der Waals surface area contributed by atoms with Crippen molar-refractivity contribution in [3.8, 4) is 0 Å². The van der Waals surface area contributed by atoms with Gasteiger partial charge in [-0.1, -0.05) is 26.0 Å². The topological polar surface area (TPSA) is 64.7 Å². The van der Waals surface area contributed by atoms with E-state index < -0.39 is 0 Å². The average molecular weight is 339 g/mol. The van der Waals surface area contributed by atoms with E-state index in [1.165, 1.54) is 0 Å². The highest BCUT2D eigenvalue weighted by Gasteiger charge is 2.15. The molecular weight excluding hydrogens is 314 g/mol. The lowest BCUT2D eigenvalue weighted by atomic mass is 10.2. The zero-order chi connectivity index (χ0) is 17.8. The van der Waals surface area contributed by atoms with Crippen LogP contribution < -0.4 is 5.32 Å². The second-order valence-corrected chi connectivity index (χ2v) is 6.31. The van der Waals surface area contributed by atoms with Crippen molar-refractivity contribution in [2.24, 2.45) is 0 Å². The number of benzene rings is 1. The Hall–Kier alpha value is -2.63. The molecule has 1 amide bonds. The van der Waals surface area contributed by atoms with E-state index in [0.717, 1.165) is 35.4 Å². The SMILES string of the molecule is CCC(CC)n1nc(C)cc1NC(=O)CCn1cnc2ccccc21. The minimum Gasteiger partial charge on any atom is -0.330 e. The van der Waals surface area contributed by atoms with Crippen molar-refractivity contribution in [2.75, 3.05) is 5.32 Å². The van der Waals surface area contributed by atoms with Crippen LogP contribution in [-0.2, 0) is 11.3 Å². The average Bonchev–Trinajstić information content (AvgIpc) is 3.18. The highest BCUT2D eigenvalue weighted by Crippen LogP contribution is 2.22. The van der Waals surface area contributed by atoms with E-state index in [9.17, 15) is 4.79 Å². The van der Waals surface area contributed by atoms with Crippen molar-refractivity contribution in [3.05, 3.63) is 42.4 Å². The molecule has 3 rings (SSSR count). The summed E-state index contributed by atoms with van der Waals surface area (Å²) in [7, 11) is 0. The molecule has 6 heteroatoms. The first-order valence-corrected chi connectivity index (χ1v) is 8.88. The zero-order valence-corrected chi connectivity index (χ0v) is 15.1. The third kappa shape index (κ3) is 3.73. The second kappa shape index (κ2) is 7.51. The Kier molecular flexibility index (Phi) is 5.16. The van der Waals surface area contributed by atoms with Crippen LogP contribution in [0.1, 0.15) is 44.8 Å². The predicted molar refractivity (Wildman–Crippen MR) is 99.6 cm³/mol. The molecule has 0 saturated heterocycles. The van der Waals surface area contributed by atoms with E-state index in [-0.39, 0.29) is 5.91 Å². The Morgan fingerprint density at radius 2 is 2.00 bits per heavy atom. The lowest BCUT2D eigenvalue weighted by Crippen LogP contribution is -2.19. The number of amides is 1. The van der Waals surface area contributed by atoms with Gasteiger partial charge in [-0.05, 0) is 31.9 Å². The number of aryl methyl sites for hydroxylation is 2. The van der Waals surface area contributed by atoms with Crippen LogP contribution >= 0.6 is 0 Å². The smallest absolute Gasteiger partial charge is 0.227 e. The third-order valence-electron chi connectivity index (χ3n) is 4.52. The quantitative estimate of drug-likeness (QED) is 0.709. The van der Waals surface area contributed by atoms with E-state index in [1.54, 1.807) is 6.33 Å². The van der Waals surface area contributed by atoms with E-state index in [0.29, 0.717) is 19.0 Å². The number of carbonyl (C=O) groups is 1. The molecular formula is C19H25N5O. The number of para-hydroxylation sites is 2. The maximum absolute atomic E-state index is 12.4. The fourth-order valence-electron chi connectivity index (χ4n) is 3.14. The van der Waals surface area contributed by atoms with E-state index >= 15 is 0 Å². The van der Waals surface area contributed by atoms with Gasteiger partial charge in [0.25, 0.3) is 0 Å². The first kappa shape index (κ1) is 17.2. The summed E-state index contributed by atoms with van der Waals surface area (Å²) in [5.41, 5.74) is 2.92.